The van der Waals surface area contributed by atoms with Gasteiger partial charge in [0.05, 0.1) is 12.8 Å². The number of aryl methyl sites for hydroxylation is 1. The first-order valence-corrected chi connectivity index (χ1v) is 11.7. The van der Waals surface area contributed by atoms with Crippen LogP contribution in [0.5, 0.6) is 5.75 Å². The molecule has 1 atom stereocenters. The van der Waals surface area contributed by atoms with Crippen LogP contribution in [0.15, 0.2) is 71.6 Å². The summed E-state index contributed by atoms with van der Waals surface area (Å²) in [5, 5.41) is 0. The Bertz CT molecular complexity index is 1160. The SMILES string of the molecule is COc1ccccc1N1C(=O)CN(c2cccc(C)c2C)C(=O)C1c1ccc(SC)cc1. The van der Waals surface area contributed by atoms with Crippen LogP contribution in [0.25, 0.3) is 0 Å². The van der Waals surface area contributed by atoms with E-state index in [2.05, 4.69) is 0 Å². The standard InChI is InChI=1S/C26H26N2O3S/c1-17-8-7-10-21(18(17)2)27-16-24(29)28(22-9-5-6-11-23(22)31-3)25(26(27)30)19-12-14-20(32-4)15-13-19/h5-15,25H,16H2,1-4H3. The van der Waals surface area contributed by atoms with Crippen molar-refractivity contribution >= 4 is 35.0 Å². The van der Waals surface area contributed by atoms with E-state index in [4.69, 9.17) is 4.74 Å². The molecule has 6 heteroatoms. The Hall–Kier alpha value is -3.25. The average Bonchev–Trinajstić information content (AvgIpc) is 2.82. The number of ether oxygens (including phenoxy) is 1. The topological polar surface area (TPSA) is 49.9 Å². The predicted octanol–water partition coefficient (Wildman–Crippen LogP) is 5.16. The lowest BCUT2D eigenvalue weighted by atomic mass is 9.98. The van der Waals surface area contributed by atoms with Crippen molar-refractivity contribution in [1.29, 1.82) is 0 Å². The van der Waals surface area contributed by atoms with Crippen molar-refractivity contribution in [2.24, 2.45) is 0 Å². The van der Waals surface area contributed by atoms with E-state index in [0.29, 0.717) is 11.4 Å². The molecule has 0 bridgehead atoms. The molecule has 0 N–H and O–H groups in total. The molecule has 0 saturated carbocycles. The van der Waals surface area contributed by atoms with Gasteiger partial charge in [-0.1, -0.05) is 36.4 Å². The van der Waals surface area contributed by atoms with E-state index in [9.17, 15) is 9.59 Å². The van der Waals surface area contributed by atoms with Gasteiger partial charge in [0.15, 0.2) is 0 Å². The number of amides is 2. The fraction of sp³-hybridized carbons (Fsp3) is 0.231. The molecule has 0 aromatic heterocycles. The molecule has 32 heavy (non-hydrogen) atoms. The number of anilines is 2. The van der Waals surface area contributed by atoms with E-state index in [1.54, 1.807) is 34.7 Å². The Labute approximate surface area is 193 Å². The van der Waals surface area contributed by atoms with Gasteiger partial charge < -0.3 is 9.64 Å². The second kappa shape index (κ2) is 9.09. The summed E-state index contributed by atoms with van der Waals surface area (Å²) < 4.78 is 5.53. The van der Waals surface area contributed by atoms with Crippen LogP contribution in [0, 0.1) is 13.8 Å². The number of para-hydroxylation sites is 2. The molecule has 4 rings (SSSR count). The van der Waals surface area contributed by atoms with Crippen LogP contribution in [0.3, 0.4) is 0 Å². The maximum atomic E-state index is 14.0. The van der Waals surface area contributed by atoms with E-state index in [0.717, 1.165) is 27.3 Å². The molecule has 1 saturated heterocycles. The lowest BCUT2D eigenvalue weighted by Gasteiger charge is -2.41. The largest absolute Gasteiger partial charge is 0.495 e. The van der Waals surface area contributed by atoms with Gasteiger partial charge in [-0.05, 0) is 67.1 Å². The van der Waals surface area contributed by atoms with Crippen LogP contribution in [0.4, 0.5) is 11.4 Å². The molecule has 2 amide bonds. The van der Waals surface area contributed by atoms with Gasteiger partial charge in [0.25, 0.3) is 5.91 Å². The molecule has 5 nitrogen and oxygen atoms in total. The molecule has 3 aromatic carbocycles. The van der Waals surface area contributed by atoms with E-state index < -0.39 is 6.04 Å². The van der Waals surface area contributed by atoms with Crippen molar-refractivity contribution < 1.29 is 14.3 Å². The summed E-state index contributed by atoms with van der Waals surface area (Å²) in [6, 6.07) is 20.2. The van der Waals surface area contributed by atoms with E-state index >= 15 is 0 Å². The number of methoxy groups -OCH3 is 1. The minimum absolute atomic E-state index is 0.0272. The van der Waals surface area contributed by atoms with E-state index in [-0.39, 0.29) is 18.4 Å². The molecule has 0 radical (unpaired) electrons. The number of hydrogen-bond acceptors (Lipinski definition) is 4. The number of rotatable bonds is 5. The summed E-state index contributed by atoms with van der Waals surface area (Å²) >= 11 is 1.63. The Balaban J connectivity index is 1.86. The van der Waals surface area contributed by atoms with Gasteiger partial charge in [0, 0.05) is 10.6 Å². The zero-order chi connectivity index (χ0) is 22.8. The molecule has 1 aliphatic heterocycles. The normalized spacial score (nSPS) is 16.4. The molecular formula is C26H26N2O3S. The fourth-order valence-corrected chi connectivity index (χ4v) is 4.51. The highest BCUT2D eigenvalue weighted by Crippen LogP contribution is 2.39. The van der Waals surface area contributed by atoms with E-state index in [1.807, 2.05) is 80.8 Å². The summed E-state index contributed by atoms with van der Waals surface area (Å²) in [5.41, 5.74) is 4.20. The summed E-state index contributed by atoms with van der Waals surface area (Å²) in [7, 11) is 1.57. The van der Waals surface area contributed by atoms with E-state index in [1.165, 1.54) is 0 Å². The van der Waals surface area contributed by atoms with Crippen LogP contribution >= 0.6 is 11.8 Å². The highest BCUT2D eigenvalue weighted by atomic mass is 32.2. The van der Waals surface area contributed by atoms with Crippen LogP contribution in [-0.2, 0) is 9.59 Å². The molecule has 1 unspecified atom stereocenters. The quantitative estimate of drug-likeness (QED) is 0.508. The Kier molecular flexibility index (Phi) is 6.24. The Morgan fingerprint density at radius 2 is 1.59 bits per heavy atom. The van der Waals surface area contributed by atoms with Crippen LogP contribution < -0.4 is 14.5 Å². The third kappa shape index (κ3) is 3.86. The van der Waals surface area contributed by atoms with Crippen molar-refractivity contribution in [3.63, 3.8) is 0 Å². The zero-order valence-electron chi connectivity index (χ0n) is 18.7. The van der Waals surface area contributed by atoms with Gasteiger partial charge in [0.2, 0.25) is 5.91 Å². The molecule has 0 aliphatic carbocycles. The van der Waals surface area contributed by atoms with Crippen LogP contribution in [0.2, 0.25) is 0 Å². The highest BCUT2D eigenvalue weighted by Gasteiger charge is 2.43. The first kappa shape index (κ1) is 22.0. The number of nitrogens with zero attached hydrogens (tertiary/aromatic N) is 2. The van der Waals surface area contributed by atoms with Gasteiger partial charge in [-0.2, -0.15) is 0 Å². The maximum absolute atomic E-state index is 14.0. The predicted molar refractivity (Wildman–Crippen MR) is 130 cm³/mol. The van der Waals surface area contributed by atoms with Gasteiger partial charge in [0.1, 0.15) is 18.3 Å². The molecule has 1 heterocycles. The first-order valence-electron chi connectivity index (χ1n) is 10.4. The summed E-state index contributed by atoms with van der Waals surface area (Å²) in [4.78, 5) is 31.8. The lowest BCUT2D eigenvalue weighted by Crippen LogP contribution is -2.56. The Morgan fingerprint density at radius 3 is 2.28 bits per heavy atom. The van der Waals surface area contributed by atoms with Crippen molar-refractivity contribution in [3.05, 3.63) is 83.4 Å². The Morgan fingerprint density at radius 1 is 0.906 bits per heavy atom. The second-order valence-electron chi connectivity index (χ2n) is 7.75. The minimum Gasteiger partial charge on any atom is -0.495 e. The number of hydrogen-bond donors (Lipinski definition) is 0. The average molecular weight is 447 g/mol. The third-order valence-electron chi connectivity index (χ3n) is 5.96. The molecule has 1 fully saturated rings. The number of thioether (sulfide) groups is 1. The summed E-state index contributed by atoms with van der Waals surface area (Å²) in [6.07, 6.45) is 2.01. The first-order chi connectivity index (χ1) is 15.5. The second-order valence-corrected chi connectivity index (χ2v) is 8.63. The minimum atomic E-state index is -0.789. The van der Waals surface area contributed by atoms with Gasteiger partial charge in [-0.3, -0.25) is 14.5 Å². The van der Waals surface area contributed by atoms with Crippen molar-refractivity contribution in [2.75, 3.05) is 29.7 Å². The van der Waals surface area contributed by atoms with Crippen molar-refractivity contribution in [3.8, 4) is 5.75 Å². The molecule has 1 aliphatic rings. The lowest BCUT2D eigenvalue weighted by molar-refractivity contribution is -0.128. The molecule has 164 valence electrons. The van der Waals surface area contributed by atoms with Crippen molar-refractivity contribution in [2.45, 2.75) is 24.8 Å². The van der Waals surface area contributed by atoms with Gasteiger partial charge >= 0.3 is 0 Å². The fourth-order valence-electron chi connectivity index (χ4n) is 4.10. The monoisotopic (exact) mass is 446 g/mol. The summed E-state index contributed by atoms with van der Waals surface area (Å²) in [6.45, 7) is 3.96. The molecule has 3 aromatic rings. The molecular weight excluding hydrogens is 420 g/mol. The van der Waals surface area contributed by atoms with Gasteiger partial charge in [-0.15, -0.1) is 11.8 Å². The molecule has 0 spiro atoms. The number of piperazine rings is 1. The van der Waals surface area contributed by atoms with Crippen molar-refractivity contribution in [1.82, 2.24) is 0 Å². The third-order valence-corrected chi connectivity index (χ3v) is 6.71. The number of carbonyl (C=O) groups excluding carboxylic acids is 2. The highest BCUT2D eigenvalue weighted by molar-refractivity contribution is 7.98. The van der Waals surface area contributed by atoms with Gasteiger partial charge in [-0.25, -0.2) is 0 Å². The summed E-state index contributed by atoms with van der Waals surface area (Å²) in [5.74, 6) is 0.259. The zero-order valence-corrected chi connectivity index (χ0v) is 19.5. The maximum Gasteiger partial charge on any atom is 0.255 e. The van der Waals surface area contributed by atoms with Crippen LogP contribution in [-0.4, -0.2) is 31.7 Å². The van der Waals surface area contributed by atoms with Crippen LogP contribution in [0.1, 0.15) is 22.7 Å². The number of carbonyl (C=O) groups is 2. The number of benzene rings is 3. The smallest absolute Gasteiger partial charge is 0.255 e.